The standard InChI is InChI=1S/C16H22N2O2Si/c1-19-21(20-2,13-17-15-9-5-3-6-10-15)14-18-16-11-7-4-8-12-16/h3-12,17-18H,13-14H2,1-2H3. The molecule has 5 heteroatoms. The zero-order chi connectivity index (χ0) is 15.0. The van der Waals surface area contributed by atoms with Gasteiger partial charge in [0.1, 0.15) is 0 Å². The highest BCUT2D eigenvalue weighted by Crippen LogP contribution is 2.12. The Morgan fingerprint density at radius 3 is 1.43 bits per heavy atom. The van der Waals surface area contributed by atoms with Crippen molar-refractivity contribution in [3.8, 4) is 0 Å². The molecule has 0 bridgehead atoms. The molecule has 2 aromatic carbocycles. The molecular formula is C16H22N2O2Si. The number of anilines is 2. The summed E-state index contributed by atoms with van der Waals surface area (Å²) in [4.78, 5) is 0. The van der Waals surface area contributed by atoms with Gasteiger partial charge >= 0.3 is 8.56 Å². The number of nitrogens with one attached hydrogen (secondary N) is 2. The SMILES string of the molecule is CO[Si](CNc1ccccc1)(CNc1ccccc1)OC. The van der Waals surface area contributed by atoms with Crippen LogP contribution in [-0.2, 0) is 8.85 Å². The summed E-state index contributed by atoms with van der Waals surface area (Å²) in [6.45, 7) is 0. The van der Waals surface area contributed by atoms with Crippen molar-refractivity contribution in [2.75, 3.05) is 37.2 Å². The van der Waals surface area contributed by atoms with Gasteiger partial charge in [0.05, 0.1) is 12.3 Å². The van der Waals surface area contributed by atoms with Gasteiger partial charge in [-0.1, -0.05) is 36.4 Å². The molecule has 0 unspecified atom stereocenters. The molecular weight excluding hydrogens is 280 g/mol. The van der Waals surface area contributed by atoms with E-state index in [2.05, 4.69) is 10.6 Å². The maximum atomic E-state index is 5.72. The fraction of sp³-hybridized carbons (Fsp3) is 0.250. The zero-order valence-corrected chi connectivity index (χ0v) is 13.5. The van der Waals surface area contributed by atoms with E-state index < -0.39 is 8.56 Å². The van der Waals surface area contributed by atoms with Crippen LogP contribution in [0.3, 0.4) is 0 Å². The van der Waals surface area contributed by atoms with Crippen LogP contribution in [0.25, 0.3) is 0 Å². The maximum Gasteiger partial charge on any atom is 0.377 e. The fourth-order valence-electron chi connectivity index (χ4n) is 2.02. The van der Waals surface area contributed by atoms with Crippen molar-refractivity contribution in [3.63, 3.8) is 0 Å². The lowest BCUT2D eigenvalue weighted by atomic mass is 10.3. The summed E-state index contributed by atoms with van der Waals surface area (Å²) in [6, 6.07) is 20.2. The molecule has 2 aromatic rings. The summed E-state index contributed by atoms with van der Waals surface area (Å²) >= 11 is 0. The van der Waals surface area contributed by atoms with Crippen LogP contribution in [0.4, 0.5) is 11.4 Å². The van der Waals surface area contributed by atoms with Crippen LogP contribution >= 0.6 is 0 Å². The van der Waals surface area contributed by atoms with Gasteiger partial charge in [-0.25, -0.2) is 0 Å². The molecule has 0 amide bonds. The van der Waals surface area contributed by atoms with Crippen molar-refractivity contribution in [2.24, 2.45) is 0 Å². The summed E-state index contributed by atoms with van der Waals surface area (Å²) < 4.78 is 11.4. The van der Waals surface area contributed by atoms with Gasteiger partial charge in [-0.15, -0.1) is 0 Å². The molecule has 2 rings (SSSR count). The fourth-order valence-corrected chi connectivity index (χ4v) is 3.84. The Labute approximate surface area is 127 Å². The topological polar surface area (TPSA) is 42.5 Å². The number of para-hydroxylation sites is 2. The Kier molecular flexibility index (Phi) is 5.80. The molecule has 0 saturated carbocycles. The molecule has 0 radical (unpaired) electrons. The largest absolute Gasteiger partial charge is 0.396 e. The van der Waals surface area contributed by atoms with Crippen LogP contribution in [0.1, 0.15) is 0 Å². The minimum Gasteiger partial charge on any atom is -0.396 e. The number of benzene rings is 2. The van der Waals surface area contributed by atoms with Crippen molar-refractivity contribution in [1.29, 1.82) is 0 Å². The third-order valence-corrected chi connectivity index (χ3v) is 6.33. The van der Waals surface area contributed by atoms with Crippen LogP contribution in [0, 0.1) is 0 Å². The molecule has 2 N–H and O–H groups in total. The first-order valence-corrected chi connectivity index (χ1v) is 9.19. The van der Waals surface area contributed by atoms with E-state index in [1.807, 2.05) is 60.7 Å². The van der Waals surface area contributed by atoms with Crippen LogP contribution in [-0.4, -0.2) is 35.1 Å². The molecule has 21 heavy (non-hydrogen) atoms. The van der Waals surface area contributed by atoms with E-state index in [-0.39, 0.29) is 0 Å². The average molecular weight is 302 g/mol. The summed E-state index contributed by atoms with van der Waals surface area (Å²) in [5.41, 5.74) is 2.14. The van der Waals surface area contributed by atoms with Gasteiger partial charge in [0.25, 0.3) is 0 Å². The van der Waals surface area contributed by atoms with E-state index in [0.717, 1.165) is 11.4 Å². The highest BCUT2D eigenvalue weighted by molar-refractivity contribution is 6.68. The second kappa shape index (κ2) is 7.83. The van der Waals surface area contributed by atoms with Gasteiger partial charge in [0.15, 0.2) is 0 Å². The third-order valence-electron chi connectivity index (χ3n) is 3.42. The lowest BCUT2D eigenvalue weighted by Crippen LogP contribution is -2.53. The van der Waals surface area contributed by atoms with E-state index in [1.54, 1.807) is 14.2 Å². The van der Waals surface area contributed by atoms with E-state index in [1.165, 1.54) is 0 Å². The summed E-state index contributed by atoms with van der Waals surface area (Å²) in [5, 5.41) is 6.79. The molecule has 0 aliphatic heterocycles. The Morgan fingerprint density at radius 2 is 1.10 bits per heavy atom. The van der Waals surface area contributed by atoms with E-state index >= 15 is 0 Å². The van der Waals surface area contributed by atoms with Crippen LogP contribution in [0.15, 0.2) is 60.7 Å². The summed E-state index contributed by atoms with van der Waals surface area (Å²) in [6.07, 6.45) is 1.37. The third kappa shape index (κ3) is 4.59. The maximum absolute atomic E-state index is 5.72. The van der Waals surface area contributed by atoms with Crippen molar-refractivity contribution in [3.05, 3.63) is 60.7 Å². The lowest BCUT2D eigenvalue weighted by molar-refractivity contribution is 0.248. The minimum absolute atomic E-state index is 0.684. The predicted molar refractivity (Wildman–Crippen MR) is 89.6 cm³/mol. The first kappa shape index (κ1) is 15.6. The molecule has 112 valence electrons. The Balaban J connectivity index is 1.95. The average Bonchev–Trinajstić information content (AvgIpc) is 2.58. The molecule has 0 spiro atoms. The van der Waals surface area contributed by atoms with Gasteiger partial charge in [-0.05, 0) is 24.3 Å². The highest BCUT2D eigenvalue weighted by atomic mass is 28.4. The number of hydrogen-bond donors (Lipinski definition) is 2. The molecule has 0 saturated heterocycles. The van der Waals surface area contributed by atoms with E-state index in [4.69, 9.17) is 8.85 Å². The smallest absolute Gasteiger partial charge is 0.377 e. The molecule has 0 fully saturated rings. The van der Waals surface area contributed by atoms with Gasteiger partial charge in [0, 0.05) is 25.6 Å². The molecule has 0 aliphatic carbocycles. The van der Waals surface area contributed by atoms with Gasteiger partial charge < -0.3 is 19.5 Å². The minimum atomic E-state index is -2.33. The normalized spacial score (nSPS) is 11.1. The molecule has 4 nitrogen and oxygen atoms in total. The molecule has 0 atom stereocenters. The quantitative estimate of drug-likeness (QED) is 0.736. The second-order valence-electron chi connectivity index (χ2n) is 4.76. The highest BCUT2D eigenvalue weighted by Gasteiger charge is 2.35. The summed E-state index contributed by atoms with van der Waals surface area (Å²) in [5.74, 6) is 0. The Hall–Kier alpha value is -1.82. The van der Waals surface area contributed by atoms with Gasteiger partial charge in [-0.2, -0.15) is 0 Å². The van der Waals surface area contributed by atoms with Gasteiger partial charge in [0.2, 0.25) is 0 Å². The van der Waals surface area contributed by atoms with Crippen LogP contribution in [0.5, 0.6) is 0 Å². The van der Waals surface area contributed by atoms with Crippen molar-refractivity contribution in [2.45, 2.75) is 0 Å². The lowest BCUT2D eigenvalue weighted by Gasteiger charge is -2.28. The predicted octanol–water partition coefficient (Wildman–Crippen LogP) is 3.02. The summed E-state index contributed by atoms with van der Waals surface area (Å²) in [7, 11) is 1.10. The van der Waals surface area contributed by atoms with E-state index in [0.29, 0.717) is 12.3 Å². The monoisotopic (exact) mass is 302 g/mol. The molecule has 0 heterocycles. The van der Waals surface area contributed by atoms with Crippen LogP contribution in [0.2, 0.25) is 0 Å². The molecule has 0 aromatic heterocycles. The second-order valence-corrected chi connectivity index (χ2v) is 8.10. The first-order chi connectivity index (χ1) is 10.3. The van der Waals surface area contributed by atoms with Crippen molar-refractivity contribution >= 4 is 19.9 Å². The van der Waals surface area contributed by atoms with Crippen LogP contribution < -0.4 is 10.6 Å². The molecule has 0 aliphatic rings. The Bertz CT molecular complexity index is 473. The number of rotatable bonds is 8. The number of hydrogen-bond acceptors (Lipinski definition) is 4. The van der Waals surface area contributed by atoms with Crippen molar-refractivity contribution < 1.29 is 8.85 Å². The Morgan fingerprint density at radius 1 is 0.714 bits per heavy atom. The van der Waals surface area contributed by atoms with E-state index in [9.17, 15) is 0 Å². The zero-order valence-electron chi connectivity index (χ0n) is 12.5. The van der Waals surface area contributed by atoms with Crippen molar-refractivity contribution in [1.82, 2.24) is 0 Å². The first-order valence-electron chi connectivity index (χ1n) is 6.96. The van der Waals surface area contributed by atoms with Gasteiger partial charge in [-0.3, -0.25) is 0 Å².